The summed E-state index contributed by atoms with van der Waals surface area (Å²) < 4.78 is 0. The summed E-state index contributed by atoms with van der Waals surface area (Å²) in [7, 11) is 0. The molecule has 2 aromatic rings. The lowest BCUT2D eigenvalue weighted by Gasteiger charge is -2.13. The van der Waals surface area contributed by atoms with E-state index in [-0.39, 0.29) is 5.91 Å². The lowest BCUT2D eigenvalue weighted by molar-refractivity contribution is -0.122. The van der Waals surface area contributed by atoms with Gasteiger partial charge in [-0.15, -0.1) is 0 Å². The smallest absolute Gasteiger partial charge is 0.276 e. The van der Waals surface area contributed by atoms with E-state index >= 15 is 0 Å². The van der Waals surface area contributed by atoms with E-state index in [4.69, 9.17) is 12.2 Å². The molecule has 1 aliphatic rings. The van der Waals surface area contributed by atoms with Crippen LogP contribution in [0.1, 0.15) is 11.1 Å². The van der Waals surface area contributed by atoms with Crippen molar-refractivity contribution in [3.63, 3.8) is 0 Å². The second-order valence-electron chi connectivity index (χ2n) is 4.65. The van der Waals surface area contributed by atoms with Crippen LogP contribution in [-0.4, -0.2) is 20.9 Å². The molecule has 1 aromatic heterocycles. The maximum Gasteiger partial charge on any atom is 0.276 e. The van der Waals surface area contributed by atoms with Crippen LogP contribution in [0.15, 0.2) is 60.6 Å². The first-order valence-corrected chi connectivity index (χ1v) is 6.93. The molecule has 0 radical (unpaired) electrons. The zero-order valence-electron chi connectivity index (χ0n) is 11.2. The summed E-state index contributed by atoms with van der Waals surface area (Å²) >= 11 is 5.25. The molecule has 1 fully saturated rings. The van der Waals surface area contributed by atoms with E-state index in [1.54, 1.807) is 23.4 Å². The second kappa shape index (κ2) is 5.85. The van der Waals surface area contributed by atoms with Crippen LogP contribution in [0.25, 0.3) is 6.08 Å². The van der Waals surface area contributed by atoms with Gasteiger partial charge in [-0.1, -0.05) is 36.4 Å². The van der Waals surface area contributed by atoms with E-state index in [1.165, 1.54) is 0 Å². The molecule has 2 heterocycles. The first kappa shape index (κ1) is 13.5. The number of thiocarbonyl (C=S) groups is 1. The Balaban J connectivity index is 1.81. The molecule has 0 atom stereocenters. The van der Waals surface area contributed by atoms with Crippen LogP contribution in [0.5, 0.6) is 0 Å². The number of rotatable bonds is 3. The average Bonchev–Trinajstić information content (AvgIpc) is 2.77. The van der Waals surface area contributed by atoms with E-state index in [0.717, 1.165) is 11.1 Å². The highest BCUT2D eigenvalue weighted by atomic mass is 32.1. The number of carbonyl (C=O) groups excluding carboxylic acids is 1. The maximum atomic E-state index is 12.4. The highest BCUT2D eigenvalue weighted by Crippen LogP contribution is 2.16. The molecule has 3 rings (SSSR count). The number of carbonyl (C=O) groups is 1. The molecule has 4 nitrogen and oxygen atoms in total. The van der Waals surface area contributed by atoms with E-state index in [0.29, 0.717) is 17.4 Å². The Morgan fingerprint density at radius 1 is 1.19 bits per heavy atom. The van der Waals surface area contributed by atoms with Gasteiger partial charge in [-0.25, -0.2) is 0 Å². The lowest BCUT2D eigenvalue weighted by atomic mass is 10.2. The van der Waals surface area contributed by atoms with Crippen molar-refractivity contribution in [3.8, 4) is 0 Å². The summed E-state index contributed by atoms with van der Waals surface area (Å²) in [6, 6.07) is 13.5. The van der Waals surface area contributed by atoms with E-state index in [9.17, 15) is 4.79 Å². The fraction of sp³-hybridized carbons (Fsp3) is 0.0625. The largest absolute Gasteiger partial charge is 0.328 e. The Hall–Kier alpha value is -2.53. The maximum absolute atomic E-state index is 12.4. The van der Waals surface area contributed by atoms with Crippen LogP contribution < -0.4 is 5.32 Å². The molecule has 0 saturated carbocycles. The normalized spacial score (nSPS) is 16.4. The summed E-state index contributed by atoms with van der Waals surface area (Å²) in [6.07, 6.45) is 5.15. The van der Waals surface area contributed by atoms with Gasteiger partial charge in [0.15, 0.2) is 5.11 Å². The summed E-state index contributed by atoms with van der Waals surface area (Å²) in [5, 5.41) is 3.39. The second-order valence-corrected chi connectivity index (χ2v) is 5.04. The van der Waals surface area contributed by atoms with Crippen LogP contribution in [0.2, 0.25) is 0 Å². The number of hydrogen-bond acceptors (Lipinski definition) is 3. The van der Waals surface area contributed by atoms with Gasteiger partial charge >= 0.3 is 0 Å². The standard InChI is InChI=1S/C16H13N3OS/c20-15-14(9-13-7-4-8-17-10-13)18-16(21)19(15)11-12-5-2-1-3-6-12/h1-10H,11H2,(H,18,21). The number of aromatic nitrogens is 1. The van der Waals surface area contributed by atoms with Crippen molar-refractivity contribution < 1.29 is 4.79 Å². The van der Waals surface area contributed by atoms with Gasteiger partial charge in [0.25, 0.3) is 5.91 Å². The summed E-state index contributed by atoms with van der Waals surface area (Å²) in [4.78, 5) is 18.0. The monoisotopic (exact) mass is 295 g/mol. The molecule has 0 bridgehead atoms. The summed E-state index contributed by atoms with van der Waals surface area (Å²) in [6.45, 7) is 0.468. The Bertz CT molecular complexity index is 698. The summed E-state index contributed by atoms with van der Waals surface area (Å²) in [5.41, 5.74) is 2.37. The number of nitrogens with one attached hydrogen (secondary N) is 1. The third kappa shape index (κ3) is 2.98. The number of nitrogens with zero attached hydrogens (tertiary/aromatic N) is 2. The molecule has 0 aliphatic carbocycles. The molecular weight excluding hydrogens is 282 g/mol. The fourth-order valence-corrected chi connectivity index (χ4v) is 2.37. The predicted octanol–water partition coefficient (Wildman–Crippen LogP) is 2.34. The molecule has 1 amide bonds. The van der Waals surface area contributed by atoms with Gasteiger partial charge in [0.2, 0.25) is 0 Å². The third-order valence-corrected chi connectivity index (χ3v) is 3.46. The molecule has 0 unspecified atom stereocenters. The van der Waals surface area contributed by atoms with Gasteiger partial charge in [0.1, 0.15) is 5.70 Å². The Labute approximate surface area is 128 Å². The topological polar surface area (TPSA) is 45.2 Å². The Morgan fingerprint density at radius 3 is 2.71 bits per heavy atom. The SMILES string of the molecule is O=C1C(=Cc2cccnc2)NC(=S)N1Cc1ccccc1. The fourth-order valence-electron chi connectivity index (χ4n) is 2.11. The van der Waals surface area contributed by atoms with Gasteiger partial charge in [0, 0.05) is 12.4 Å². The Morgan fingerprint density at radius 2 is 2.00 bits per heavy atom. The van der Waals surface area contributed by atoms with Crippen LogP contribution >= 0.6 is 12.2 Å². The Kier molecular flexibility index (Phi) is 3.75. The first-order valence-electron chi connectivity index (χ1n) is 6.52. The van der Waals surface area contributed by atoms with Crippen molar-refractivity contribution in [2.75, 3.05) is 0 Å². The van der Waals surface area contributed by atoms with Gasteiger partial charge in [-0.3, -0.25) is 14.7 Å². The molecule has 1 N–H and O–H groups in total. The van der Waals surface area contributed by atoms with Crippen LogP contribution in [0, 0.1) is 0 Å². The highest BCUT2D eigenvalue weighted by Gasteiger charge is 2.30. The molecule has 0 spiro atoms. The molecule has 1 saturated heterocycles. The van der Waals surface area contributed by atoms with E-state index in [1.807, 2.05) is 42.5 Å². The van der Waals surface area contributed by atoms with Crippen molar-refractivity contribution in [1.29, 1.82) is 0 Å². The first-order chi connectivity index (χ1) is 10.2. The number of amides is 1. The zero-order chi connectivity index (χ0) is 14.7. The zero-order valence-corrected chi connectivity index (χ0v) is 12.0. The highest BCUT2D eigenvalue weighted by molar-refractivity contribution is 7.80. The third-order valence-electron chi connectivity index (χ3n) is 3.14. The van der Waals surface area contributed by atoms with Crippen LogP contribution in [0.3, 0.4) is 0 Å². The van der Waals surface area contributed by atoms with Crippen molar-refractivity contribution in [2.45, 2.75) is 6.54 Å². The lowest BCUT2D eigenvalue weighted by Crippen LogP contribution is -2.29. The van der Waals surface area contributed by atoms with Crippen molar-refractivity contribution in [1.82, 2.24) is 15.2 Å². The van der Waals surface area contributed by atoms with Crippen molar-refractivity contribution in [2.24, 2.45) is 0 Å². The predicted molar refractivity (Wildman–Crippen MR) is 84.9 cm³/mol. The number of pyridine rings is 1. The molecule has 1 aromatic carbocycles. The minimum atomic E-state index is -0.118. The molecular formula is C16H13N3OS. The van der Waals surface area contributed by atoms with Crippen molar-refractivity contribution in [3.05, 3.63) is 71.7 Å². The van der Waals surface area contributed by atoms with Crippen molar-refractivity contribution >= 4 is 29.3 Å². The molecule has 104 valence electrons. The van der Waals surface area contributed by atoms with Gasteiger partial charge in [0.05, 0.1) is 6.54 Å². The van der Waals surface area contributed by atoms with Crippen LogP contribution in [-0.2, 0) is 11.3 Å². The average molecular weight is 295 g/mol. The minimum Gasteiger partial charge on any atom is -0.328 e. The van der Waals surface area contributed by atoms with Crippen LogP contribution in [0.4, 0.5) is 0 Å². The van der Waals surface area contributed by atoms with E-state index in [2.05, 4.69) is 10.3 Å². The molecule has 1 aliphatic heterocycles. The summed E-state index contributed by atoms with van der Waals surface area (Å²) in [5.74, 6) is -0.118. The van der Waals surface area contributed by atoms with Gasteiger partial charge in [-0.05, 0) is 35.5 Å². The van der Waals surface area contributed by atoms with Gasteiger partial charge in [-0.2, -0.15) is 0 Å². The minimum absolute atomic E-state index is 0.118. The quantitative estimate of drug-likeness (QED) is 0.697. The van der Waals surface area contributed by atoms with Gasteiger partial charge < -0.3 is 5.32 Å². The molecule has 21 heavy (non-hydrogen) atoms. The number of hydrogen-bond donors (Lipinski definition) is 1. The van der Waals surface area contributed by atoms with E-state index < -0.39 is 0 Å². The number of benzene rings is 1. The molecule has 5 heteroatoms.